The SMILES string of the molecule is CC(C)CNC(NC(=O)OCc1ccccc1)C(O)CCc1ccccc1. The predicted octanol–water partition coefficient (Wildman–Crippen LogP) is 3.48. The van der Waals surface area contributed by atoms with Gasteiger partial charge in [0.2, 0.25) is 0 Å². The highest BCUT2D eigenvalue weighted by Crippen LogP contribution is 2.08. The molecule has 2 aromatic rings. The molecule has 2 aromatic carbocycles. The Morgan fingerprint density at radius 1 is 1.00 bits per heavy atom. The maximum atomic E-state index is 12.2. The summed E-state index contributed by atoms with van der Waals surface area (Å²) in [5.74, 6) is 0.399. The molecule has 2 atom stereocenters. The number of rotatable bonds is 10. The first-order valence-corrected chi connectivity index (χ1v) is 9.47. The van der Waals surface area contributed by atoms with Crippen molar-refractivity contribution in [2.75, 3.05) is 6.54 Å². The number of aliphatic hydroxyl groups is 1. The quantitative estimate of drug-likeness (QED) is 0.560. The fourth-order valence-corrected chi connectivity index (χ4v) is 2.66. The number of amides is 1. The number of nitrogens with one attached hydrogen (secondary N) is 2. The molecule has 0 saturated carbocycles. The largest absolute Gasteiger partial charge is 0.445 e. The summed E-state index contributed by atoms with van der Waals surface area (Å²) in [5, 5.41) is 16.6. The van der Waals surface area contributed by atoms with Crippen LogP contribution in [0.2, 0.25) is 0 Å². The Labute approximate surface area is 161 Å². The first kappa shape index (κ1) is 20.9. The second-order valence-corrected chi connectivity index (χ2v) is 7.08. The van der Waals surface area contributed by atoms with Crippen molar-refractivity contribution in [2.45, 2.75) is 45.6 Å². The van der Waals surface area contributed by atoms with E-state index in [0.29, 0.717) is 18.9 Å². The van der Waals surface area contributed by atoms with Crippen molar-refractivity contribution in [3.05, 3.63) is 71.8 Å². The minimum atomic E-state index is -0.715. The Morgan fingerprint density at radius 2 is 1.59 bits per heavy atom. The zero-order valence-corrected chi connectivity index (χ0v) is 16.1. The average molecular weight is 370 g/mol. The summed E-state index contributed by atoms with van der Waals surface area (Å²) < 4.78 is 5.28. The van der Waals surface area contributed by atoms with Crippen molar-refractivity contribution in [1.29, 1.82) is 0 Å². The molecule has 0 radical (unpaired) electrons. The molecule has 0 heterocycles. The van der Waals surface area contributed by atoms with Gasteiger partial charge in [-0.25, -0.2) is 4.79 Å². The highest BCUT2D eigenvalue weighted by molar-refractivity contribution is 5.67. The number of aryl methyl sites for hydroxylation is 1. The van der Waals surface area contributed by atoms with E-state index in [1.165, 1.54) is 0 Å². The van der Waals surface area contributed by atoms with Gasteiger partial charge in [0.05, 0.1) is 6.10 Å². The first-order valence-electron chi connectivity index (χ1n) is 9.47. The van der Waals surface area contributed by atoms with Crippen LogP contribution in [-0.2, 0) is 17.8 Å². The van der Waals surface area contributed by atoms with Gasteiger partial charge in [0.25, 0.3) is 0 Å². The Hall–Kier alpha value is -2.37. The van der Waals surface area contributed by atoms with Gasteiger partial charge < -0.3 is 15.2 Å². The van der Waals surface area contributed by atoms with Crippen LogP contribution in [0.3, 0.4) is 0 Å². The number of hydrogen-bond acceptors (Lipinski definition) is 4. The van der Waals surface area contributed by atoms with Crippen LogP contribution in [0.1, 0.15) is 31.4 Å². The van der Waals surface area contributed by atoms with E-state index in [2.05, 4.69) is 24.5 Å². The Kier molecular flexibility index (Phi) is 8.81. The molecule has 0 saturated heterocycles. The van der Waals surface area contributed by atoms with Crippen LogP contribution < -0.4 is 10.6 Å². The van der Waals surface area contributed by atoms with Crippen molar-refractivity contribution in [3.63, 3.8) is 0 Å². The second kappa shape index (κ2) is 11.4. The van der Waals surface area contributed by atoms with Gasteiger partial charge in [0.15, 0.2) is 0 Å². The predicted molar refractivity (Wildman–Crippen MR) is 107 cm³/mol. The molecule has 0 aliphatic carbocycles. The highest BCUT2D eigenvalue weighted by atomic mass is 16.5. The van der Waals surface area contributed by atoms with Crippen molar-refractivity contribution < 1.29 is 14.6 Å². The van der Waals surface area contributed by atoms with E-state index >= 15 is 0 Å². The number of benzene rings is 2. The molecular formula is C22H30N2O3. The Balaban J connectivity index is 1.86. The average Bonchev–Trinajstić information content (AvgIpc) is 2.69. The number of ether oxygens (including phenoxy) is 1. The highest BCUT2D eigenvalue weighted by Gasteiger charge is 2.21. The molecule has 2 unspecified atom stereocenters. The molecule has 0 spiro atoms. The summed E-state index contributed by atoms with van der Waals surface area (Å²) in [6.07, 6.45) is -0.534. The van der Waals surface area contributed by atoms with Crippen LogP contribution in [0.15, 0.2) is 60.7 Å². The third kappa shape index (κ3) is 8.24. The molecular weight excluding hydrogens is 340 g/mol. The van der Waals surface area contributed by atoms with Crippen molar-refractivity contribution >= 4 is 6.09 Å². The summed E-state index contributed by atoms with van der Waals surface area (Å²) >= 11 is 0. The second-order valence-electron chi connectivity index (χ2n) is 7.08. The van der Waals surface area contributed by atoms with Gasteiger partial charge in [-0.3, -0.25) is 5.32 Å². The van der Waals surface area contributed by atoms with Gasteiger partial charge in [-0.1, -0.05) is 74.5 Å². The Morgan fingerprint density at radius 3 is 2.19 bits per heavy atom. The topological polar surface area (TPSA) is 70.6 Å². The van der Waals surface area contributed by atoms with E-state index < -0.39 is 18.4 Å². The standard InChI is InChI=1S/C22H30N2O3/c1-17(2)15-23-21(20(25)14-13-18-9-5-3-6-10-18)24-22(26)27-16-19-11-7-4-8-12-19/h3-12,17,20-21,23,25H,13-16H2,1-2H3,(H,24,26). The minimum absolute atomic E-state index is 0.198. The Bertz CT molecular complexity index is 662. The number of aliphatic hydroxyl groups excluding tert-OH is 1. The smallest absolute Gasteiger partial charge is 0.408 e. The van der Waals surface area contributed by atoms with Gasteiger partial charge in [-0.2, -0.15) is 0 Å². The fraction of sp³-hybridized carbons (Fsp3) is 0.409. The number of alkyl carbamates (subject to hydrolysis) is 1. The summed E-state index contributed by atoms with van der Waals surface area (Å²) in [7, 11) is 0. The van der Waals surface area contributed by atoms with E-state index in [1.807, 2.05) is 60.7 Å². The van der Waals surface area contributed by atoms with Crippen molar-refractivity contribution in [1.82, 2.24) is 10.6 Å². The lowest BCUT2D eigenvalue weighted by molar-refractivity contribution is 0.0840. The van der Waals surface area contributed by atoms with E-state index in [-0.39, 0.29) is 6.61 Å². The lowest BCUT2D eigenvalue weighted by Crippen LogP contribution is -2.53. The van der Waals surface area contributed by atoms with Crippen LogP contribution in [-0.4, -0.2) is 30.0 Å². The van der Waals surface area contributed by atoms with Crippen LogP contribution in [0.25, 0.3) is 0 Å². The molecule has 146 valence electrons. The van der Waals surface area contributed by atoms with Crippen LogP contribution in [0.4, 0.5) is 4.79 Å². The van der Waals surface area contributed by atoms with Gasteiger partial charge >= 0.3 is 6.09 Å². The summed E-state index contributed by atoms with van der Waals surface area (Å²) in [5.41, 5.74) is 2.08. The molecule has 27 heavy (non-hydrogen) atoms. The third-order valence-corrected chi connectivity index (χ3v) is 4.19. The lowest BCUT2D eigenvalue weighted by atomic mass is 10.0. The van der Waals surface area contributed by atoms with Crippen molar-refractivity contribution in [2.24, 2.45) is 5.92 Å². The van der Waals surface area contributed by atoms with E-state index in [9.17, 15) is 9.90 Å². The molecule has 0 aliphatic heterocycles. The van der Waals surface area contributed by atoms with Crippen molar-refractivity contribution in [3.8, 4) is 0 Å². The lowest BCUT2D eigenvalue weighted by Gasteiger charge is -2.26. The summed E-state index contributed by atoms with van der Waals surface area (Å²) in [6, 6.07) is 19.5. The van der Waals surface area contributed by atoms with Gasteiger partial charge in [-0.15, -0.1) is 0 Å². The monoisotopic (exact) mass is 370 g/mol. The van der Waals surface area contributed by atoms with Crippen LogP contribution >= 0.6 is 0 Å². The van der Waals surface area contributed by atoms with Crippen LogP contribution in [0, 0.1) is 5.92 Å². The van der Waals surface area contributed by atoms with E-state index in [4.69, 9.17) is 4.74 Å². The summed E-state index contributed by atoms with van der Waals surface area (Å²) in [6.45, 7) is 5.04. The molecule has 0 fully saturated rings. The maximum Gasteiger partial charge on any atom is 0.408 e. The zero-order valence-electron chi connectivity index (χ0n) is 16.1. The molecule has 5 nitrogen and oxygen atoms in total. The summed E-state index contributed by atoms with van der Waals surface area (Å²) in [4.78, 5) is 12.2. The van der Waals surface area contributed by atoms with Gasteiger partial charge in [0, 0.05) is 0 Å². The van der Waals surface area contributed by atoms with E-state index in [1.54, 1.807) is 0 Å². The molecule has 1 amide bonds. The molecule has 3 N–H and O–H groups in total. The molecule has 0 bridgehead atoms. The number of hydrogen-bond donors (Lipinski definition) is 3. The zero-order chi connectivity index (χ0) is 19.5. The third-order valence-electron chi connectivity index (χ3n) is 4.19. The molecule has 0 aliphatic rings. The minimum Gasteiger partial charge on any atom is -0.445 e. The van der Waals surface area contributed by atoms with Gasteiger partial charge in [-0.05, 0) is 36.4 Å². The van der Waals surface area contributed by atoms with E-state index in [0.717, 1.165) is 17.5 Å². The molecule has 2 rings (SSSR count). The number of carbonyl (C=O) groups excluding carboxylic acids is 1. The molecule has 0 aromatic heterocycles. The van der Waals surface area contributed by atoms with Gasteiger partial charge in [0.1, 0.15) is 12.8 Å². The maximum absolute atomic E-state index is 12.2. The normalized spacial score (nSPS) is 13.2. The first-order chi connectivity index (χ1) is 13.0. The molecule has 5 heteroatoms. The number of carbonyl (C=O) groups is 1. The fourth-order valence-electron chi connectivity index (χ4n) is 2.66. The van der Waals surface area contributed by atoms with Crippen LogP contribution in [0.5, 0.6) is 0 Å².